The Kier molecular flexibility index (Phi) is 4.23. The van der Waals surface area contributed by atoms with E-state index in [0.717, 1.165) is 26.2 Å². The molecule has 2 heterocycles. The van der Waals surface area contributed by atoms with E-state index in [0.29, 0.717) is 12.1 Å². The van der Waals surface area contributed by atoms with Crippen molar-refractivity contribution in [1.82, 2.24) is 20.4 Å². The Balaban J connectivity index is 1.63. The van der Waals surface area contributed by atoms with Crippen LogP contribution < -0.4 is 10.6 Å². The maximum absolute atomic E-state index is 11.3. The Morgan fingerprint density at radius 3 is 2.94 bits per heavy atom. The highest BCUT2D eigenvalue weighted by molar-refractivity contribution is 5.76. The number of rotatable bonds is 4. The quantitative estimate of drug-likeness (QED) is 0.732. The van der Waals surface area contributed by atoms with Gasteiger partial charge in [-0.05, 0) is 33.4 Å². The summed E-state index contributed by atoms with van der Waals surface area (Å²) in [7, 11) is 2.19. The molecule has 2 fully saturated rings. The van der Waals surface area contributed by atoms with Gasteiger partial charge in [0.15, 0.2) is 0 Å². The predicted octanol–water partition coefficient (Wildman–Crippen LogP) is 0.0839. The van der Waals surface area contributed by atoms with E-state index in [-0.39, 0.29) is 6.03 Å². The molecule has 5 heteroatoms. The fourth-order valence-electron chi connectivity index (χ4n) is 2.60. The minimum Gasteiger partial charge on any atom is -0.336 e. The molecule has 17 heavy (non-hydrogen) atoms. The second kappa shape index (κ2) is 5.69. The van der Waals surface area contributed by atoms with Gasteiger partial charge in [-0.15, -0.1) is 0 Å². The summed E-state index contributed by atoms with van der Waals surface area (Å²) in [4.78, 5) is 15.6. The molecule has 0 aromatic heterocycles. The monoisotopic (exact) mass is 240 g/mol. The van der Waals surface area contributed by atoms with E-state index in [9.17, 15) is 4.79 Å². The van der Waals surface area contributed by atoms with Crippen molar-refractivity contribution < 1.29 is 4.79 Å². The van der Waals surface area contributed by atoms with Crippen LogP contribution in [0.2, 0.25) is 0 Å². The maximum atomic E-state index is 11.3. The zero-order valence-corrected chi connectivity index (χ0v) is 10.9. The SMILES string of the molecule is CC1CC(NCCN2CCNC2=O)CCN1C. The lowest BCUT2D eigenvalue weighted by Crippen LogP contribution is -2.47. The normalized spacial score (nSPS) is 30.7. The van der Waals surface area contributed by atoms with Crippen molar-refractivity contribution in [2.45, 2.75) is 31.8 Å². The summed E-state index contributed by atoms with van der Waals surface area (Å²) < 4.78 is 0. The first-order chi connectivity index (χ1) is 8.16. The lowest BCUT2D eigenvalue weighted by atomic mass is 9.99. The minimum absolute atomic E-state index is 0.0866. The molecule has 98 valence electrons. The van der Waals surface area contributed by atoms with Crippen molar-refractivity contribution in [3.05, 3.63) is 0 Å². The van der Waals surface area contributed by atoms with Crippen LogP contribution in [0.15, 0.2) is 0 Å². The number of hydrogen-bond donors (Lipinski definition) is 2. The molecule has 0 aromatic rings. The standard InChI is InChI=1S/C12H24N4O/c1-10-9-11(3-6-15(10)2)13-4-7-16-8-5-14-12(16)17/h10-11,13H,3-9H2,1-2H3,(H,14,17). The van der Waals surface area contributed by atoms with Gasteiger partial charge in [0, 0.05) is 38.3 Å². The van der Waals surface area contributed by atoms with Crippen LogP contribution in [0.4, 0.5) is 4.79 Å². The molecule has 2 aliphatic heterocycles. The van der Waals surface area contributed by atoms with Crippen molar-refractivity contribution in [2.24, 2.45) is 0 Å². The van der Waals surface area contributed by atoms with Crippen LogP contribution in [0, 0.1) is 0 Å². The number of carbonyl (C=O) groups excluding carboxylic acids is 1. The topological polar surface area (TPSA) is 47.6 Å². The average molecular weight is 240 g/mol. The smallest absolute Gasteiger partial charge is 0.317 e. The fraction of sp³-hybridized carbons (Fsp3) is 0.917. The zero-order chi connectivity index (χ0) is 12.3. The van der Waals surface area contributed by atoms with Crippen molar-refractivity contribution in [3.63, 3.8) is 0 Å². The highest BCUT2D eigenvalue weighted by Crippen LogP contribution is 2.14. The zero-order valence-electron chi connectivity index (χ0n) is 10.9. The van der Waals surface area contributed by atoms with Crippen LogP contribution in [-0.4, -0.2) is 67.7 Å². The highest BCUT2D eigenvalue weighted by Gasteiger charge is 2.23. The minimum atomic E-state index is 0.0866. The van der Waals surface area contributed by atoms with Crippen molar-refractivity contribution in [2.75, 3.05) is 39.8 Å². The Morgan fingerprint density at radius 1 is 1.47 bits per heavy atom. The molecule has 2 atom stereocenters. The molecule has 0 saturated carbocycles. The molecule has 2 unspecified atom stereocenters. The van der Waals surface area contributed by atoms with Gasteiger partial charge in [0.25, 0.3) is 0 Å². The van der Waals surface area contributed by atoms with Crippen LogP contribution in [0.25, 0.3) is 0 Å². The Bertz CT molecular complexity index is 271. The second-order valence-corrected chi connectivity index (χ2v) is 5.22. The number of likely N-dealkylation sites (tertiary alicyclic amines) is 1. The predicted molar refractivity (Wildman–Crippen MR) is 68.1 cm³/mol. The van der Waals surface area contributed by atoms with Gasteiger partial charge in [-0.2, -0.15) is 0 Å². The summed E-state index contributed by atoms with van der Waals surface area (Å²) in [6.07, 6.45) is 2.43. The van der Waals surface area contributed by atoms with E-state index in [4.69, 9.17) is 0 Å². The average Bonchev–Trinajstić information content (AvgIpc) is 2.70. The second-order valence-electron chi connectivity index (χ2n) is 5.22. The van der Waals surface area contributed by atoms with Gasteiger partial charge in [0.05, 0.1) is 0 Å². The van der Waals surface area contributed by atoms with E-state index >= 15 is 0 Å². The van der Waals surface area contributed by atoms with Crippen LogP contribution >= 0.6 is 0 Å². The van der Waals surface area contributed by atoms with E-state index in [1.165, 1.54) is 19.4 Å². The molecule has 2 aliphatic rings. The summed E-state index contributed by atoms with van der Waals surface area (Å²) in [5, 5.41) is 6.40. The summed E-state index contributed by atoms with van der Waals surface area (Å²) in [6, 6.07) is 1.37. The molecular weight excluding hydrogens is 216 g/mol. The van der Waals surface area contributed by atoms with Gasteiger partial charge in [0.2, 0.25) is 0 Å². The third-order valence-electron chi connectivity index (χ3n) is 3.97. The Hall–Kier alpha value is -0.810. The highest BCUT2D eigenvalue weighted by atomic mass is 16.2. The van der Waals surface area contributed by atoms with Gasteiger partial charge in [0.1, 0.15) is 0 Å². The fourth-order valence-corrected chi connectivity index (χ4v) is 2.60. The number of urea groups is 1. The molecule has 0 aromatic carbocycles. The van der Waals surface area contributed by atoms with E-state index in [1.54, 1.807) is 0 Å². The number of nitrogens with one attached hydrogen (secondary N) is 2. The van der Waals surface area contributed by atoms with Gasteiger partial charge in [-0.3, -0.25) is 0 Å². The van der Waals surface area contributed by atoms with E-state index in [2.05, 4.69) is 29.5 Å². The maximum Gasteiger partial charge on any atom is 0.317 e. The van der Waals surface area contributed by atoms with Gasteiger partial charge < -0.3 is 20.4 Å². The van der Waals surface area contributed by atoms with Gasteiger partial charge >= 0.3 is 6.03 Å². The molecule has 0 radical (unpaired) electrons. The summed E-state index contributed by atoms with van der Waals surface area (Å²) in [6.45, 7) is 6.83. The van der Waals surface area contributed by atoms with Crippen molar-refractivity contribution >= 4 is 6.03 Å². The number of piperidine rings is 1. The first-order valence-corrected chi connectivity index (χ1v) is 6.63. The number of nitrogens with zero attached hydrogens (tertiary/aromatic N) is 2. The third-order valence-corrected chi connectivity index (χ3v) is 3.97. The molecule has 0 aliphatic carbocycles. The summed E-state index contributed by atoms with van der Waals surface area (Å²) in [5.41, 5.74) is 0. The van der Waals surface area contributed by atoms with E-state index < -0.39 is 0 Å². The van der Waals surface area contributed by atoms with Gasteiger partial charge in [-0.25, -0.2) is 4.79 Å². The molecule has 2 rings (SSSR count). The Labute approximate surface area is 104 Å². The molecule has 2 saturated heterocycles. The molecule has 2 amide bonds. The van der Waals surface area contributed by atoms with Crippen LogP contribution in [0.1, 0.15) is 19.8 Å². The summed E-state index contributed by atoms with van der Waals surface area (Å²) in [5.74, 6) is 0. The Morgan fingerprint density at radius 2 is 2.29 bits per heavy atom. The first-order valence-electron chi connectivity index (χ1n) is 6.63. The van der Waals surface area contributed by atoms with Crippen molar-refractivity contribution in [1.29, 1.82) is 0 Å². The number of carbonyl (C=O) groups is 1. The first kappa shape index (κ1) is 12.6. The molecule has 2 N–H and O–H groups in total. The lowest BCUT2D eigenvalue weighted by molar-refractivity contribution is 0.166. The van der Waals surface area contributed by atoms with Gasteiger partial charge in [-0.1, -0.05) is 0 Å². The largest absolute Gasteiger partial charge is 0.336 e. The summed E-state index contributed by atoms with van der Waals surface area (Å²) >= 11 is 0. The van der Waals surface area contributed by atoms with Crippen LogP contribution in [0.3, 0.4) is 0 Å². The van der Waals surface area contributed by atoms with Crippen molar-refractivity contribution in [3.8, 4) is 0 Å². The molecule has 5 nitrogen and oxygen atoms in total. The molecular formula is C12H24N4O. The molecule has 0 bridgehead atoms. The number of hydrogen-bond acceptors (Lipinski definition) is 3. The molecule has 0 spiro atoms. The lowest BCUT2D eigenvalue weighted by Gasteiger charge is -2.35. The van der Waals surface area contributed by atoms with Crippen LogP contribution in [0.5, 0.6) is 0 Å². The third kappa shape index (κ3) is 3.33. The number of amides is 2. The van der Waals surface area contributed by atoms with Crippen LogP contribution in [-0.2, 0) is 0 Å². The van der Waals surface area contributed by atoms with E-state index in [1.807, 2.05) is 4.90 Å².